The molecular formula is C19H25N3O3. The summed E-state index contributed by atoms with van der Waals surface area (Å²) in [6.45, 7) is 5.17. The lowest BCUT2D eigenvalue weighted by atomic mass is 10.0. The number of piperidine rings is 1. The van der Waals surface area contributed by atoms with Crippen LogP contribution in [-0.2, 0) is 14.3 Å². The van der Waals surface area contributed by atoms with Gasteiger partial charge in [0.05, 0.1) is 12.1 Å². The van der Waals surface area contributed by atoms with E-state index in [-0.39, 0.29) is 30.6 Å². The summed E-state index contributed by atoms with van der Waals surface area (Å²) in [7, 11) is 0. The molecular weight excluding hydrogens is 318 g/mol. The maximum atomic E-state index is 12.5. The molecule has 0 bridgehead atoms. The van der Waals surface area contributed by atoms with Gasteiger partial charge in [0.25, 0.3) is 5.91 Å². The van der Waals surface area contributed by atoms with Gasteiger partial charge in [0.2, 0.25) is 5.91 Å². The molecule has 3 saturated heterocycles. The average Bonchev–Trinajstić information content (AvgIpc) is 3.06. The van der Waals surface area contributed by atoms with E-state index in [1.54, 1.807) is 6.92 Å². The Balaban J connectivity index is 1.46. The van der Waals surface area contributed by atoms with Crippen LogP contribution in [0.2, 0.25) is 0 Å². The van der Waals surface area contributed by atoms with E-state index in [1.807, 2.05) is 40.1 Å². The lowest BCUT2D eigenvalue weighted by Gasteiger charge is -2.37. The number of nitrogens with zero attached hydrogens (tertiary/aromatic N) is 3. The van der Waals surface area contributed by atoms with Gasteiger partial charge in [-0.2, -0.15) is 0 Å². The first-order valence-electron chi connectivity index (χ1n) is 9.12. The zero-order valence-electron chi connectivity index (χ0n) is 14.6. The number of hydrogen-bond acceptors (Lipinski definition) is 4. The van der Waals surface area contributed by atoms with Crippen LogP contribution < -0.4 is 4.90 Å². The van der Waals surface area contributed by atoms with Gasteiger partial charge in [0.15, 0.2) is 0 Å². The number of carbonyl (C=O) groups excluding carboxylic acids is 2. The summed E-state index contributed by atoms with van der Waals surface area (Å²) in [6, 6.07) is 10.4. The Morgan fingerprint density at radius 1 is 1.12 bits per heavy atom. The third-order valence-corrected chi connectivity index (χ3v) is 5.75. The lowest BCUT2D eigenvalue weighted by molar-refractivity contribution is -0.130. The molecule has 0 unspecified atom stereocenters. The van der Waals surface area contributed by atoms with Crippen LogP contribution in [0, 0.1) is 0 Å². The molecule has 4 rings (SSSR count). The van der Waals surface area contributed by atoms with Crippen molar-refractivity contribution in [2.75, 3.05) is 37.7 Å². The molecule has 0 aliphatic carbocycles. The first kappa shape index (κ1) is 16.5. The van der Waals surface area contributed by atoms with Crippen molar-refractivity contribution in [1.82, 2.24) is 9.80 Å². The second-order valence-corrected chi connectivity index (χ2v) is 7.21. The van der Waals surface area contributed by atoms with Crippen molar-refractivity contribution in [2.24, 2.45) is 0 Å². The molecule has 3 heterocycles. The number of amides is 2. The largest absolute Gasteiger partial charge is 0.365 e. The predicted octanol–water partition coefficient (Wildman–Crippen LogP) is 1.11. The molecule has 2 atom stereocenters. The number of fused-ring (bicyclic) bond motifs is 1. The van der Waals surface area contributed by atoms with Crippen LogP contribution in [0.5, 0.6) is 0 Å². The van der Waals surface area contributed by atoms with Crippen LogP contribution in [-0.4, -0.2) is 72.6 Å². The first-order valence-corrected chi connectivity index (χ1v) is 9.12. The number of rotatable bonds is 2. The molecule has 1 aromatic carbocycles. The van der Waals surface area contributed by atoms with E-state index >= 15 is 0 Å². The summed E-state index contributed by atoms with van der Waals surface area (Å²) >= 11 is 0. The molecule has 3 aliphatic rings. The van der Waals surface area contributed by atoms with E-state index in [2.05, 4.69) is 4.90 Å². The Morgan fingerprint density at radius 2 is 1.84 bits per heavy atom. The Hall–Kier alpha value is -1.92. The molecule has 134 valence electrons. The van der Waals surface area contributed by atoms with Gasteiger partial charge in [-0.3, -0.25) is 14.5 Å². The minimum atomic E-state index is 0.0423. The lowest BCUT2D eigenvalue weighted by Crippen LogP contribution is -2.54. The van der Waals surface area contributed by atoms with Crippen LogP contribution in [0.1, 0.15) is 19.8 Å². The van der Waals surface area contributed by atoms with Crippen molar-refractivity contribution in [3.05, 3.63) is 30.3 Å². The number of benzene rings is 1. The highest BCUT2D eigenvalue weighted by atomic mass is 16.5. The molecule has 1 aromatic rings. The van der Waals surface area contributed by atoms with E-state index < -0.39 is 0 Å². The molecule has 0 aromatic heterocycles. The zero-order valence-corrected chi connectivity index (χ0v) is 14.6. The normalized spacial score (nSPS) is 28.3. The highest BCUT2D eigenvalue weighted by Gasteiger charge is 2.45. The summed E-state index contributed by atoms with van der Waals surface area (Å²) in [4.78, 5) is 30.3. The number of morpholine rings is 1. The minimum Gasteiger partial charge on any atom is -0.365 e. The Morgan fingerprint density at radius 3 is 2.52 bits per heavy atom. The number of para-hydroxylation sites is 1. The molecule has 6 heteroatoms. The monoisotopic (exact) mass is 343 g/mol. The third-order valence-electron chi connectivity index (χ3n) is 5.75. The number of likely N-dealkylation sites (tertiary alicyclic amines) is 2. The van der Waals surface area contributed by atoms with Gasteiger partial charge in [-0.15, -0.1) is 0 Å². The van der Waals surface area contributed by atoms with Gasteiger partial charge in [0, 0.05) is 44.8 Å². The Labute approximate surface area is 148 Å². The topological polar surface area (TPSA) is 53.1 Å². The fraction of sp³-hybridized carbons (Fsp3) is 0.579. The summed E-state index contributed by atoms with van der Waals surface area (Å²) < 4.78 is 5.85. The maximum absolute atomic E-state index is 12.5. The highest BCUT2D eigenvalue weighted by Crippen LogP contribution is 2.31. The molecule has 3 aliphatic heterocycles. The van der Waals surface area contributed by atoms with Gasteiger partial charge in [0.1, 0.15) is 6.61 Å². The van der Waals surface area contributed by atoms with Crippen molar-refractivity contribution >= 4 is 17.5 Å². The second kappa shape index (κ2) is 6.77. The van der Waals surface area contributed by atoms with Crippen LogP contribution in [0.15, 0.2) is 30.3 Å². The SMILES string of the molecule is CC(=O)N1CCC(N2C[C@@H]3OCC(=O)N(c4ccccc4)[C@@H]3C2)CC1. The van der Waals surface area contributed by atoms with Gasteiger partial charge in [-0.25, -0.2) is 0 Å². The Kier molecular flexibility index (Phi) is 4.48. The van der Waals surface area contributed by atoms with Crippen LogP contribution in [0.25, 0.3) is 0 Å². The third kappa shape index (κ3) is 3.16. The van der Waals surface area contributed by atoms with Crippen LogP contribution >= 0.6 is 0 Å². The van der Waals surface area contributed by atoms with E-state index in [9.17, 15) is 9.59 Å². The molecule has 6 nitrogen and oxygen atoms in total. The Bertz CT molecular complexity index is 643. The maximum Gasteiger partial charge on any atom is 0.253 e. The van der Waals surface area contributed by atoms with E-state index in [0.717, 1.165) is 44.7 Å². The van der Waals surface area contributed by atoms with Crippen molar-refractivity contribution in [3.63, 3.8) is 0 Å². The van der Waals surface area contributed by atoms with E-state index in [0.29, 0.717) is 6.04 Å². The fourth-order valence-corrected chi connectivity index (χ4v) is 4.40. The molecule has 0 saturated carbocycles. The molecule has 0 spiro atoms. The van der Waals surface area contributed by atoms with Crippen molar-refractivity contribution in [3.8, 4) is 0 Å². The predicted molar refractivity (Wildman–Crippen MR) is 94.3 cm³/mol. The highest BCUT2D eigenvalue weighted by molar-refractivity contribution is 5.95. The fourth-order valence-electron chi connectivity index (χ4n) is 4.40. The molecule has 2 amide bonds. The number of anilines is 1. The quantitative estimate of drug-likeness (QED) is 0.807. The number of ether oxygens (including phenoxy) is 1. The number of carbonyl (C=O) groups is 2. The summed E-state index contributed by atoms with van der Waals surface area (Å²) in [5.41, 5.74) is 0.957. The van der Waals surface area contributed by atoms with Crippen molar-refractivity contribution in [1.29, 1.82) is 0 Å². The van der Waals surface area contributed by atoms with Gasteiger partial charge in [-0.05, 0) is 25.0 Å². The van der Waals surface area contributed by atoms with Crippen molar-refractivity contribution < 1.29 is 14.3 Å². The molecule has 0 radical (unpaired) electrons. The van der Waals surface area contributed by atoms with Gasteiger partial charge in [-0.1, -0.05) is 18.2 Å². The second-order valence-electron chi connectivity index (χ2n) is 7.21. The van der Waals surface area contributed by atoms with Crippen molar-refractivity contribution in [2.45, 2.75) is 38.0 Å². The molecule has 25 heavy (non-hydrogen) atoms. The summed E-state index contributed by atoms with van der Waals surface area (Å²) in [5, 5.41) is 0. The molecule has 0 N–H and O–H groups in total. The average molecular weight is 343 g/mol. The minimum absolute atomic E-state index is 0.0423. The molecule has 3 fully saturated rings. The van der Waals surface area contributed by atoms with Crippen LogP contribution in [0.4, 0.5) is 5.69 Å². The van der Waals surface area contributed by atoms with E-state index in [1.165, 1.54) is 0 Å². The standard InChI is InChI=1S/C19H25N3O3/c1-14(23)20-9-7-15(8-10-20)21-11-17-18(12-21)25-13-19(24)22(17)16-5-3-2-4-6-16/h2-6,15,17-18H,7-13H2,1H3/t17-,18+/m1/s1. The summed E-state index contributed by atoms with van der Waals surface area (Å²) in [6.07, 6.45) is 2.07. The van der Waals surface area contributed by atoms with Gasteiger partial charge < -0.3 is 14.5 Å². The zero-order chi connectivity index (χ0) is 17.4. The summed E-state index contributed by atoms with van der Waals surface area (Å²) in [5.74, 6) is 0.207. The smallest absolute Gasteiger partial charge is 0.253 e. The first-order chi connectivity index (χ1) is 12.1. The van der Waals surface area contributed by atoms with Crippen LogP contribution in [0.3, 0.4) is 0 Å². The van der Waals surface area contributed by atoms with Gasteiger partial charge >= 0.3 is 0 Å². The van der Waals surface area contributed by atoms with E-state index in [4.69, 9.17) is 4.74 Å². The number of hydrogen-bond donors (Lipinski definition) is 0.